The minimum atomic E-state index is -4.67. The van der Waals surface area contributed by atoms with Gasteiger partial charge >= 0.3 is 10.4 Å². The molecule has 0 bridgehead atoms. The standard InChI is InChI=1S/C2H4O2.2H3N.H2O4S/c1-2-4-3-1;;;1-5(2,3)4/h1-2H2;2*1H3;(H2,1,2,3,4). The molecule has 8 N–H and O–H groups in total. The maximum atomic E-state index is 8.74. The molecule has 11 heavy (non-hydrogen) atoms. The molecule has 8 nitrogen and oxygen atoms in total. The highest BCUT2D eigenvalue weighted by molar-refractivity contribution is 7.79. The summed E-state index contributed by atoms with van der Waals surface area (Å²) in [6, 6.07) is 0. The summed E-state index contributed by atoms with van der Waals surface area (Å²) in [7, 11) is -4.67. The Kier molecular flexibility index (Phi) is 12.1. The summed E-state index contributed by atoms with van der Waals surface area (Å²) in [5.74, 6) is 0. The van der Waals surface area contributed by atoms with Crippen LogP contribution in [0.1, 0.15) is 0 Å². The molecule has 0 atom stereocenters. The zero-order valence-corrected chi connectivity index (χ0v) is 6.58. The Morgan fingerprint density at radius 2 is 1.09 bits per heavy atom. The first kappa shape index (κ1) is 17.0. The third-order valence-corrected chi connectivity index (χ3v) is 0.333. The Morgan fingerprint density at radius 3 is 1.09 bits per heavy atom. The van der Waals surface area contributed by atoms with Gasteiger partial charge in [0.25, 0.3) is 0 Å². The lowest BCUT2D eigenvalue weighted by molar-refractivity contribution is -0.382. The van der Waals surface area contributed by atoms with Crippen molar-refractivity contribution in [2.45, 2.75) is 0 Å². The van der Waals surface area contributed by atoms with Crippen LogP contribution in [-0.2, 0) is 20.2 Å². The normalized spacial score (nSPS) is 14.0. The van der Waals surface area contributed by atoms with Gasteiger partial charge in [-0.05, 0) is 0 Å². The fraction of sp³-hybridized carbons (Fsp3) is 1.00. The van der Waals surface area contributed by atoms with Crippen molar-refractivity contribution >= 4 is 10.4 Å². The lowest BCUT2D eigenvalue weighted by Gasteiger charge is -2.08. The second kappa shape index (κ2) is 7.81. The van der Waals surface area contributed by atoms with Crippen molar-refractivity contribution in [3.63, 3.8) is 0 Å². The van der Waals surface area contributed by atoms with Crippen LogP contribution in [0.3, 0.4) is 0 Å². The van der Waals surface area contributed by atoms with E-state index in [4.69, 9.17) is 17.5 Å². The SMILES string of the molecule is C1COO1.N.N.O=S(=O)(O)O. The van der Waals surface area contributed by atoms with E-state index < -0.39 is 10.4 Å². The molecule has 0 amide bonds. The third-order valence-electron chi connectivity index (χ3n) is 0.333. The van der Waals surface area contributed by atoms with Crippen LogP contribution in [-0.4, -0.2) is 30.7 Å². The van der Waals surface area contributed by atoms with Crippen LogP contribution in [0.5, 0.6) is 0 Å². The molecule has 0 aromatic rings. The summed E-state index contributed by atoms with van der Waals surface area (Å²) in [4.78, 5) is 8.44. The van der Waals surface area contributed by atoms with Gasteiger partial charge in [0, 0.05) is 0 Å². The van der Waals surface area contributed by atoms with E-state index in [0.717, 1.165) is 13.2 Å². The topological polar surface area (TPSA) is 163 Å². The van der Waals surface area contributed by atoms with Gasteiger partial charge in [-0.25, -0.2) is 9.78 Å². The van der Waals surface area contributed by atoms with Gasteiger partial charge in [0.15, 0.2) is 0 Å². The van der Waals surface area contributed by atoms with Crippen molar-refractivity contribution < 1.29 is 27.3 Å². The molecule has 72 valence electrons. The highest BCUT2D eigenvalue weighted by Gasteiger charge is 1.95. The number of hydrogen-bond acceptors (Lipinski definition) is 6. The van der Waals surface area contributed by atoms with Crippen molar-refractivity contribution in [1.82, 2.24) is 12.3 Å². The maximum Gasteiger partial charge on any atom is 0.394 e. The van der Waals surface area contributed by atoms with E-state index in [9.17, 15) is 0 Å². The van der Waals surface area contributed by atoms with E-state index in [1.54, 1.807) is 0 Å². The van der Waals surface area contributed by atoms with E-state index in [0.29, 0.717) is 0 Å². The van der Waals surface area contributed by atoms with Gasteiger partial charge in [-0.2, -0.15) is 8.42 Å². The van der Waals surface area contributed by atoms with Crippen LogP contribution in [0.2, 0.25) is 0 Å². The molecule has 1 rings (SSSR count). The van der Waals surface area contributed by atoms with Gasteiger partial charge in [-0.15, -0.1) is 0 Å². The highest BCUT2D eigenvalue weighted by atomic mass is 32.3. The first-order valence-electron chi connectivity index (χ1n) is 1.94. The van der Waals surface area contributed by atoms with Gasteiger partial charge in [-0.1, -0.05) is 0 Å². The molecule has 0 radical (unpaired) electrons. The van der Waals surface area contributed by atoms with Crippen molar-refractivity contribution in [3.05, 3.63) is 0 Å². The first-order valence-corrected chi connectivity index (χ1v) is 3.34. The van der Waals surface area contributed by atoms with Crippen LogP contribution in [0.25, 0.3) is 0 Å². The van der Waals surface area contributed by atoms with Gasteiger partial charge in [0.2, 0.25) is 0 Å². The van der Waals surface area contributed by atoms with E-state index in [1.165, 1.54) is 0 Å². The lowest BCUT2D eigenvalue weighted by Crippen LogP contribution is -2.14. The summed E-state index contributed by atoms with van der Waals surface area (Å²) < 4.78 is 31.6. The van der Waals surface area contributed by atoms with Crippen molar-refractivity contribution in [1.29, 1.82) is 0 Å². The van der Waals surface area contributed by atoms with Crippen LogP contribution in [0, 0.1) is 0 Å². The Balaban J connectivity index is -0.0000000990. The van der Waals surface area contributed by atoms with Gasteiger partial charge in [-0.3, -0.25) is 9.11 Å². The molecule has 1 aliphatic heterocycles. The molecule has 0 aliphatic carbocycles. The minimum absolute atomic E-state index is 0. The third kappa shape index (κ3) is 41.9. The van der Waals surface area contributed by atoms with Crippen molar-refractivity contribution in [2.24, 2.45) is 0 Å². The molecule has 1 heterocycles. The van der Waals surface area contributed by atoms with Crippen LogP contribution in [0.15, 0.2) is 0 Å². The molecule has 0 saturated carbocycles. The lowest BCUT2D eigenvalue weighted by atomic mass is 10.8. The minimum Gasteiger partial charge on any atom is -0.344 e. The van der Waals surface area contributed by atoms with Gasteiger partial charge < -0.3 is 12.3 Å². The maximum absolute atomic E-state index is 8.74. The fourth-order valence-corrected chi connectivity index (χ4v) is 0.0833. The van der Waals surface area contributed by atoms with Gasteiger partial charge in [0.1, 0.15) is 13.2 Å². The summed E-state index contributed by atoms with van der Waals surface area (Å²) >= 11 is 0. The Hall–Kier alpha value is -0.290. The average Bonchev–Trinajstić information content (AvgIpc) is 1.12. The fourth-order valence-electron chi connectivity index (χ4n) is 0.0833. The quantitative estimate of drug-likeness (QED) is 0.298. The van der Waals surface area contributed by atoms with Crippen LogP contribution >= 0.6 is 0 Å². The number of hydrogen-bond donors (Lipinski definition) is 4. The Morgan fingerprint density at radius 1 is 1.00 bits per heavy atom. The number of rotatable bonds is 0. The predicted octanol–water partition coefficient (Wildman–Crippen LogP) is -0.381. The van der Waals surface area contributed by atoms with E-state index in [1.807, 2.05) is 0 Å². The van der Waals surface area contributed by atoms with Gasteiger partial charge in [0.05, 0.1) is 0 Å². The molecule has 1 saturated heterocycles. The summed E-state index contributed by atoms with van der Waals surface area (Å²) in [5, 5.41) is 0. The molecule has 0 spiro atoms. The first-order chi connectivity index (χ1) is 4.00. The van der Waals surface area contributed by atoms with Crippen LogP contribution < -0.4 is 12.3 Å². The average molecular weight is 192 g/mol. The monoisotopic (exact) mass is 192 g/mol. The van der Waals surface area contributed by atoms with Crippen molar-refractivity contribution in [2.75, 3.05) is 13.2 Å². The summed E-state index contributed by atoms with van der Waals surface area (Å²) in [5.41, 5.74) is 0. The highest BCUT2D eigenvalue weighted by Crippen LogP contribution is 1.87. The van der Waals surface area contributed by atoms with E-state index >= 15 is 0 Å². The summed E-state index contributed by atoms with van der Waals surface area (Å²) in [6.07, 6.45) is 0. The largest absolute Gasteiger partial charge is 0.394 e. The summed E-state index contributed by atoms with van der Waals surface area (Å²) in [6.45, 7) is 1.56. The zero-order chi connectivity index (χ0) is 7.33. The second-order valence-corrected chi connectivity index (χ2v) is 1.99. The zero-order valence-electron chi connectivity index (χ0n) is 5.76. The molecule has 0 unspecified atom stereocenters. The molecule has 1 fully saturated rings. The van der Waals surface area contributed by atoms with Crippen molar-refractivity contribution in [3.8, 4) is 0 Å². The Labute approximate surface area is 64.2 Å². The molecule has 9 heteroatoms. The molecular weight excluding hydrogens is 180 g/mol. The molecule has 0 aromatic heterocycles. The second-order valence-electron chi connectivity index (χ2n) is 1.09. The molecule has 1 aliphatic rings. The van der Waals surface area contributed by atoms with E-state index in [2.05, 4.69) is 9.78 Å². The predicted molar refractivity (Wildman–Crippen MR) is 36.1 cm³/mol. The Bertz CT molecular complexity index is 138. The smallest absolute Gasteiger partial charge is 0.344 e. The van der Waals surface area contributed by atoms with Crippen LogP contribution in [0.4, 0.5) is 0 Å². The molecule has 0 aromatic carbocycles. The van der Waals surface area contributed by atoms with E-state index in [-0.39, 0.29) is 12.3 Å². The molecular formula is C2H12N2O6S.